The molecular weight excluding hydrogens is 172 g/mol. The molecule has 5 nitrogen and oxygen atoms in total. The number of anilines is 1. The van der Waals surface area contributed by atoms with Gasteiger partial charge in [0.1, 0.15) is 13.2 Å². The second kappa shape index (κ2) is 3.01. The van der Waals surface area contributed by atoms with Crippen LogP contribution in [0, 0.1) is 0 Å². The maximum Gasteiger partial charge on any atom is 0.262 e. The smallest absolute Gasteiger partial charge is 0.262 e. The maximum atomic E-state index is 5.69. The zero-order valence-corrected chi connectivity index (χ0v) is 7.24. The highest BCUT2D eigenvalue weighted by atomic mass is 16.6. The van der Waals surface area contributed by atoms with Gasteiger partial charge >= 0.3 is 0 Å². The van der Waals surface area contributed by atoms with E-state index in [1.807, 2.05) is 0 Å². The number of nitrogen functional groups attached to an aromatic ring is 1. The molecule has 0 saturated carbocycles. The molecule has 70 valence electrons. The Bertz CT molecular complexity index is 327. The van der Waals surface area contributed by atoms with Crippen LogP contribution >= 0.6 is 0 Å². The minimum Gasteiger partial charge on any atom is -0.483 e. The second-order valence-corrected chi connectivity index (χ2v) is 2.59. The van der Waals surface area contributed by atoms with Crippen molar-refractivity contribution in [2.45, 2.75) is 0 Å². The number of nitrogens with zero attached hydrogens (tertiary/aromatic N) is 1. The van der Waals surface area contributed by atoms with Gasteiger partial charge in [0.05, 0.1) is 12.8 Å². The van der Waals surface area contributed by atoms with Crippen molar-refractivity contribution in [3.63, 3.8) is 0 Å². The van der Waals surface area contributed by atoms with Gasteiger partial charge in [0.15, 0.2) is 0 Å². The molecule has 1 aromatic rings. The molecule has 13 heavy (non-hydrogen) atoms. The highest BCUT2D eigenvalue weighted by molar-refractivity contribution is 5.60. The summed E-state index contributed by atoms with van der Waals surface area (Å²) < 4.78 is 15.5. The van der Waals surface area contributed by atoms with Gasteiger partial charge in [-0.2, -0.15) is 4.98 Å². The Morgan fingerprint density at radius 3 is 3.00 bits per heavy atom. The van der Waals surface area contributed by atoms with Crippen molar-refractivity contribution in [2.24, 2.45) is 0 Å². The summed E-state index contributed by atoms with van der Waals surface area (Å²) in [6, 6.07) is 1.60. The van der Waals surface area contributed by atoms with Crippen LogP contribution in [0.3, 0.4) is 0 Å². The van der Waals surface area contributed by atoms with E-state index < -0.39 is 0 Å². The first-order chi connectivity index (χ1) is 6.31. The Morgan fingerprint density at radius 1 is 1.46 bits per heavy atom. The Hall–Kier alpha value is -1.65. The molecule has 0 atom stereocenters. The Kier molecular flexibility index (Phi) is 1.84. The van der Waals surface area contributed by atoms with Crippen LogP contribution in [-0.4, -0.2) is 25.3 Å². The third-order valence-corrected chi connectivity index (χ3v) is 1.72. The molecule has 0 spiro atoms. The van der Waals surface area contributed by atoms with Crippen molar-refractivity contribution in [2.75, 3.05) is 26.1 Å². The molecular formula is C8H10N2O3. The fraction of sp³-hybridized carbons (Fsp3) is 0.375. The third kappa shape index (κ3) is 1.32. The Balaban J connectivity index is 2.47. The van der Waals surface area contributed by atoms with E-state index in [0.717, 1.165) is 0 Å². The van der Waals surface area contributed by atoms with Crippen LogP contribution in [0.15, 0.2) is 6.07 Å². The van der Waals surface area contributed by atoms with Crippen molar-refractivity contribution in [3.05, 3.63) is 6.07 Å². The number of aromatic nitrogens is 1. The van der Waals surface area contributed by atoms with Crippen molar-refractivity contribution >= 4 is 5.69 Å². The van der Waals surface area contributed by atoms with Gasteiger partial charge in [-0.25, -0.2) is 0 Å². The third-order valence-electron chi connectivity index (χ3n) is 1.72. The molecule has 0 fully saturated rings. The summed E-state index contributed by atoms with van der Waals surface area (Å²) in [6.45, 7) is 0.998. The molecule has 1 aliphatic rings. The standard InChI is InChI=1S/C8H10N2O3/c1-11-6-4-5(9)7-8(10-6)13-3-2-12-7/h4H,2-3H2,1H3,(H2,9,10). The van der Waals surface area contributed by atoms with Crippen LogP contribution in [-0.2, 0) is 0 Å². The van der Waals surface area contributed by atoms with Crippen molar-refractivity contribution < 1.29 is 14.2 Å². The zero-order valence-electron chi connectivity index (χ0n) is 7.24. The van der Waals surface area contributed by atoms with Gasteiger partial charge in [-0.1, -0.05) is 0 Å². The summed E-state index contributed by atoms with van der Waals surface area (Å²) in [4.78, 5) is 4.04. The van der Waals surface area contributed by atoms with E-state index >= 15 is 0 Å². The number of rotatable bonds is 1. The summed E-state index contributed by atoms with van der Waals surface area (Å²) in [6.07, 6.45) is 0. The molecule has 1 aromatic heterocycles. The quantitative estimate of drug-likeness (QED) is 0.682. The number of fused-ring (bicyclic) bond motifs is 1. The molecule has 0 bridgehead atoms. The van der Waals surface area contributed by atoms with Crippen LogP contribution in [0.2, 0.25) is 0 Å². The SMILES string of the molecule is COc1cc(N)c2c(n1)OCCO2. The monoisotopic (exact) mass is 182 g/mol. The molecule has 2 heterocycles. The summed E-state index contributed by atoms with van der Waals surface area (Å²) in [7, 11) is 1.53. The second-order valence-electron chi connectivity index (χ2n) is 2.59. The highest BCUT2D eigenvalue weighted by Gasteiger charge is 2.17. The topological polar surface area (TPSA) is 66.6 Å². The van der Waals surface area contributed by atoms with E-state index in [4.69, 9.17) is 19.9 Å². The number of ether oxygens (including phenoxy) is 3. The minimum absolute atomic E-state index is 0.406. The van der Waals surface area contributed by atoms with E-state index in [1.54, 1.807) is 6.07 Å². The predicted octanol–water partition coefficient (Wildman–Crippen LogP) is 0.444. The number of nitrogens with two attached hydrogens (primary N) is 1. The van der Waals surface area contributed by atoms with Crippen molar-refractivity contribution in [3.8, 4) is 17.5 Å². The van der Waals surface area contributed by atoms with Gasteiger partial charge < -0.3 is 19.9 Å². The first kappa shape index (κ1) is 7.97. The van der Waals surface area contributed by atoms with Gasteiger partial charge in [-0.05, 0) is 0 Å². The van der Waals surface area contributed by atoms with Crippen molar-refractivity contribution in [1.29, 1.82) is 0 Å². The lowest BCUT2D eigenvalue weighted by molar-refractivity contribution is 0.163. The number of pyridine rings is 1. The number of hydrogen-bond acceptors (Lipinski definition) is 5. The van der Waals surface area contributed by atoms with Crippen LogP contribution in [0.5, 0.6) is 17.5 Å². The van der Waals surface area contributed by atoms with E-state index in [1.165, 1.54) is 7.11 Å². The van der Waals surface area contributed by atoms with Gasteiger partial charge in [0, 0.05) is 6.07 Å². The molecule has 2 rings (SSSR count). The zero-order chi connectivity index (χ0) is 9.26. The van der Waals surface area contributed by atoms with Crippen LogP contribution in [0.25, 0.3) is 0 Å². The molecule has 0 aromatic carbocycles. The average molecular weight is 182 g/mol. The Morgan fingerprint density at radius 2 is 2.23 bits per heavy atom. The van der Waals surface area contributed by atoms with E-state index in [2.05, 4.69) is 4.98 Å². The van der Waals surface area contributed by atoms with E-state index in [-0.39, 0.29) is 0 Å². The van der Waals surface area contributed by atoms with Gasteiger partial charge in [-0.15, -0.1) is 0 Å². The number of methoxy groups -OCH3 is 1. The summed E-state index contributed by atoms with van der Waals surface area (Å²) >= 11 is 0. The molecule has 5 heteroatoms. The fourth-order valence-corrected chi connectivity index (χ4v) is 1.13. The van der Waals surface area contributed by atoms with Gasteiger partial charge in [0.2, 0.25) is 11.6 Å². The molecule has 0 unspecified atom stereocenters. The van der Waals surface area contributed by atoms with Gasteiger partial charge in [-0.3, -0.25) is 0 Å². The Labute approximate surface area is 75.4 Å². The fourth-order valence-electron chi connectivity index (χ4n) is 1.13. The highest BCUT2D eigenvalue weighted by Crippen LogP contribution is 2.36. The first-order valence-corrected chi connectivity index (χ1v) is 3.91. The maximum absolute atomic E-state index is 5.69. The predicted molar refractivity (Wildman–Crippen MR) is 46.2 cm³/mol. The van der Waals surface area contributed by atoms with Crippen LogP contribution < -0.4 is 19.9 Å². The first-order valence-electron chi connectivity index (χ1n) is 3.91. The normalized spacial score (nSPS) is 13.9. The van der Waals surface area contributed by atoms with E-state index in [9.17, 15) is 0 Å². The molecule has 2 N–H and O–H groups in total. The molecule has 0 aliphatic carbocycles. The van der Waals surface area contributed by atoms with Crippen LogP contribution in [0.1, 0.15) is 0 Å². The molecule has 0 amide bonds. The minimum atomic E-state index is 0.406. The molecule has 0 radical (unpaired) electrons. The number of hydrogen-bond donors (Lipinski definition) is 1. The largest absolute Gasteiger partial charge is 0.483 e. The summed E-state index contributed by atoms with van der Waals surface area (Å²) in [5, 5.41) is 0. The lowest BCUT2D eigenvalue weighted by Gasteiger charge is -2.18. The van der Waals surface area contributed by atoms with E-state index in [0.29, 0.717) is 36.4 Å². The lowest BCUT2D eigenvalue weighted by Crippen LogP contribution is -2.17. The summed E-state index contributed by atoms with van der Waals surface area (Å²) in [5.74, 6) is 1.34. The lowest BCUT2D eigenvalue weighted by atomic mass is 10.3. The van der Waals surface area contributed by atoms with Gasteiger partial charge in [0.25, 0.3) is 5.88 Å². The summed E-state index contributed by atoms with van der Waals surface area (Å²) in [5.41, 5.74) is 6.18. The van der Waals surface area contributed by atoms with Crippen LogP contribution in [0.4, 0.5) is 5.69 Å². The average Bonchev–Trinajstić information content (AvgIpc) is 2.18. The van der Waals surface area contributed by atoms with Crippen molar-refractivity contribution in [1.82, 2.24) is 4.98 Å². The molecule has 1 aliphatic heterocycles. The molecule has 0 saturated heterocycles.